The molecule has 0 heterocycles. The van der Waals surface area contributed by atoms with E-state index in [1.807, 2.05) is 25.1 Å². The fourth-order valence-corrected chi connectivity index (χ4v) is 1.84. The van der Waals surface area contributed by atoms with Gasteiger partial charge in [-0.3, -0.25) is 4.79 Å². The Kier molecular flexibility index (Phi) is 2.98. The first-order valence-electron chi connectivity index (χ1n) is 5.58. The van der Waals surface area contributed by atoms with Gasteiger partial charge in [0.05, 0.1) is 0 Å². The highest BCUT2D eigenvalue weighted by Crippen LogP contribution is 2.44. The van der Waals surface area contributed by atoms with Crippen molar-refractivity contribution in [2.24, 2.45) is 5.41 Å². The first-order valence-corrected chi connectivity index (χ1v) is 6.03. The molecule has 0 atom stereocenters. The van der Waals surface area contributed by atoms with Crippen LogP contribution >= 0.6 is 12.6 Å². The molecule has 1 fully saturated rings. The summed E-state index contributed by atoms with van der Waals surface area (Å²) < 4.78 is 0. The quantitative estimate of drug-likeness (QED) is 0.775. The van der Waals surface area contributed by atoms with Crippen molar-refractivity contribution in [1.29, 1.82) is 0 Å². The second-order valence-corrected chi connectivity index (χ2v) is 5.51. The maximum Gasteiger partial charge on any atom is 0.251 e. The topological polar surface area (TPSA) is 29.1 Å². The van der Waals surface area contributed by atoms with Crippen molar-refractivity contribution in [3.05, 3.63) is 29.3 Å². The van der Waals surface area contributed by atoms with Gasteiger partial charge in [0, 0.05) is 17.0 Å². The number of nitrogens with one attached hydrogen (secondary N) is 1. The molecule has 0 radical (unpaired) electrons. The molecule has 1 N–H and O–H groups in total. The molecule has 16 heavy (non-hydrogen) atoms. The van der Waals surface area contributed by atoms with Gasteiger partial charge in [-0.15, -0.1) is 12.6 Å². The van der Waals surface area contributed by atoms with Crippen LogP contribution in [0, 0.1) is 12.3 Å². The number of rotatable bonds is 3. The van der Waals surface area contributed by atoms with Crippen LogP contribution in [0.4, 0.5) is 0 Å². The van der Waals surface area contributed by atoms with Gasteiger partial charge in [-0.2, -0.15) is 0 Å². The van der Waals surface area contributed by atoms with Crippen LogP contribution < -0.4 is 5.32 Å². The minimum Gasteiger partial charge on any atom is -0.351 e. The van der Waals surface area contributed by atoms with E-state index in [0.29, 0.717) is 5.41 Å². The lowest BCUT2D eigenvalue weighted by molar-refractivity contribution is 0.0945. The van der Waals surface area contributed by atoms with Crippen molar-refractivity contribution in [3.8, 4) is 0 Å². The predicted octanol–water partition coefficient (Wildman–Crippen LogP) is 2.81. The van der Waals surface area contributed by atoms with E-state index in [-0.39, 0.29) is 5.91 Å². The third-order valence-corrected chi connectivity index (χ3v) is 3.52. The monoisotopic (exact) mass is 235 g/mol. The van der Waals surface area contributed by atoms with Crippen LogP contribution in [0.15, 0.2) is 23.1 Å². The summed E-state index contributed by atoms with van der Waals surface area (Å²) in [5.74, 6) is 0.0153. The molecule has 86 valence electrons. The molecule has 1 saturated carbocycles. The van der Waals surface area contributed by atoms with Crippen molar-refractivity contribution in [2.75, 3.05) is 6.54 Å². The lowest BCUT2D eigenvalue weighted by Crippen LogP contribution is -2.29. The Morgan fingerprint density at radius 1 is 1.50 bits per heavy atom. The molecule has 1 amide bonds. The molecule has 0 aromatic heterocycles. The van der Waals surface area contributed by atoms with E-state index in [2.05, 4.69) is 24.9 Å². The number of carbonyl (C=O) groups excluding carboxylic acids is 1. The van der Waals surface area contributed by atoms with Gasteiger partial charge in [-0.1, -0.05) is 13.0 Å². The maximum atomic E-state index is 11.9. The summed E-state index contributed by atoms with van der Waals surface area (Å²) in [5.41, 5.74) is 2.08. The average molecular weight is 235 g/mol. The molecular formula is C13H17NOS. The molecule has 2 nitrogen and oxygen atoms in total. The number of aryl methyl sites for hydroxylation is 1. The third-order valence-electron chi connectivity index (χ3n) is 3.25. The third kappa shape index (κ3) is 2.59. The predicted molar refractivity (Wildman–Crippen MR) is 68.1 cm³/mol. The summed E-state index contributed by atoms with van der Waals surface area (Å²) in [6, 6.07) is 5.65. The summed E-state index contributed by atoms with van der Waals surface area (Å²) in [5, 5.41) is 3.00. The van der Waals surface area contributed by atoms with E-state index in [1.54, 1.807) is 0 Å². The van der Waals surface area contributed by atoms with E-state index < -0.39 is 0 Å². The minimum atomic E-state index is 0.0153. The largest absolute Gasteiger partial charge is 0.351 e. The van der Waals surface area contributed by atoms with Crippen LogP contribution in [-0.4, -0.2) is 12.5 Å². The van der Waals surface area contributed by atoms with E-state index in [0.717, 1.165) is 22.6 Å². The highest BCUT2D eigenvalue weighted by molar-refractivity contribution is 7.80. The second-order valence-electron chi connectivity index (χ2n) is 4.99. The normalized spacial score (nSPS) is 16.9. The fourth-order valence-electron chi connectivity index (χ4n) is 1.63. The Morgan fingerprint density at radius 2 is 2.19 bits per heavy atom. The molecular weight excluding hydrogens is 218 g/mol. The second kappa shape index (κ2) is 4.13. The molecule has 2 rings (SSSR count). The molecule has 0 saturated heterocycles. The van der Waals surface area contributed by atoms with Gasteiger partial charge < -0.3 is 5.32 Å². The Hall–Kier alpha value is -0.960. The summed E-state index contributed by atoms with van der Waals surface area (Å²) in [6.07, 6.45) is 2.44. The van der Waals surface area contributed by atoms with Gasteiger partial charge in [0.15, 0.2) is 0 Å². The number of thiol groups is 1. The van der Waals surface area contributed by atoms with Gasteiger partial charge in [0.25, 0.3) is 5.91 Å². The Balaban J connectivity index is 2.05. The summed E-state index contributed by atoms with van der Waals surface area (Å²) in [7, 11) is 0. The summed E-state index contributed by atoms with van der Waals surface area (Å²) in [6.45, 7) is 4.93. The maximum absolute atomic E-state index is 11.9. The molecule has 0 unspecified atom stereocenters. The zero-order valence-corrected chi connectivity index (χ0v) is 10.6. The fraction of sp³-hybridized carbons (Fsp3) is 0.462. The van der Waals surface area contributed by atoms with Gasteiger partial charge in [0.2, 0.25) is 0 Å². The molecule has 1 aromatic rings. The van der Waals surface area contributed by atoms with Crippen LogP contribution in [0.1, 0.15) is 35.7 Å². The van der Waals surface area contributed by atoms with Gasteiger partial charge in [-0.05, 0) is 42.9 Å². The number of hydrogen-bond acceptors (Lipinski definition) is 2. The molecule has 0 aliphatic heterocycles. The summed E-state index contributed by atoms with van der Waals surface area (Å²) in [4.78, 5) is 12.8. The van der Waals surface area contributed by atoms with Crippen LogP contribution in [-0.2, 0) is 0 Å². The smallest absolute Gasteiger partial charge is 0.251 e. The van der Waals surface area contributed by atoms with Crippen LogP contribution in [0.5, 0.6) is 0 Å². The van der Waals surface area contributed by atoms with Crippen molar-refractivity contribution in [3.63, 3.8) is 0 Å². The molecule has 1 aliphatic carbocycles. The standard InChI is InChI=1S/C13H17NOS/c1-9-3-4-10(16)7-11(9)12(15)14-8-13(2)5-6-13/h3-4,7,16H,5-6,8H2,1-2H3,(H,14,15). The van der Waals surface area contributed by atoms with Crippen LogP contribution in [0.3, 0.4) is 0 Å². The van der Waals surface area contributed by atoms with E-state index >= 15 is 0 Å². The summed E-state index contributed by atoms with van der Waals surface area (Å²) >= 11 is 4.25. The first kappa shape index (κ1) is 11.5. The number of amides is 1. The van der Waals surface area contributed by atoms with Crippen molar-refractivity contribution >= 4 is 18.5 Å². The number of benzene rings is 1. The zero-order chi connectivity index (χ0) is 11.8. The van der Waals surface area contributed by atoms with Gasteiger partial charge >= 0.3 is 0 Å². The molecule has 1 aliphatic rings. The van der Waals surface area contributed by atoms with Crippen LogP contribution in [0.2, 0.25) is 0 Å². The van der Waals surface area contributed by atoms with E-state index in [4.69, 9.17) is 0 Å². The number of carbonyl (C=O) groups is 1. The van der Waals surface area contributed by atoms with E-state index in [1.165, 1.54) is 12.8 Å². The molecule has 1 aromatic carbocycles. The Labute approximate surface area is 102 Å². The Bertz CT molecular complexity index is 424. The van der Waals surface area contributed by atoms with Crippen molar-refractivity contribution in [2.45, 2.75) is 31.6 Å². The lowest BCUT2D eigenvalue weighted by Gasteiger charge is -2.11. The SMILES string of the molecule is Cc1ccc(S)cc1C(=O)NCC1(C)CC1. The first-order chi connectivity index (χ1) is 7.50. The lowest BCUT2D eigenvalue weighted by atomic mass is 10.1. The zero-order valence-electron chi connectivity index (χ0n) is 9.71. The van der Waals surface area contributed by atoms with Gasteiger partial charge in [0.1, 0.15) is 0 Å². The molecule has 0 bridgehead atoms. The Morgan fingerprint density at radius 3 is 2.81 bits per heavy atom. The average Bonchev–Trinajstić information content (AvgIpc) is 2.97. The van der Waals surface area contributed by atoms with Crippen molar-refractivity contribution in [1.82, 2.24) is 5.32 Å². The van der Waals surface area contributed by atoms with Crippen molar-refractivity contribution < 1.29 is 4.79 Å². The minimum absolute atomic E-state index is 0.0153. The number of hydrogen-bond donors (Lipinski definition) is 2. The van der Waals surface area contributed by atoms with E-state index in [9.17, 15) is 4.79 Å². The van der Waals surface area contributed by atoms with Gasteiger partial charge in [-0.25, -0.2) is 0 Å². The molecule has 0 spiro atoms. The molecule has 3 heteroatoms. The highest BCUT2D eigenvalue weighted by atomic mass is 32.1. The van der Waals surface area contributed by atoms with Crippen LogP contribution in [0.25, 0.3) is 0 Å². The highest BCUT2D eigenvalue weighted by Gasteiger charge is 2.37.